The van der Waals surface area contributed by atoms with Crippen molar-refractivity contribution < 1.29 is 22.7 Å². The summed E-state index contributed by atoms with van der Waals surface area (Å²) in [5.41, 5.74) is 1.97. The van der Waals surface area contributed by atoms with Gasteiger partial charge < -0.3 is 19.1 Å². The van der Waals surface area contributed by atoms with Crippen molar-refractivity contribution in [2.75, 3.05) is 24.5 Å². The Morgan fingerprint density at radius 1 is 1.21 bits per heavy atom. The lowest BCUT2D eigenvalue weighted by Crippen LogP contribution is -2.49. The molecule has 1 amide bonds. The van der Waals surface area contributed by atoms with E-state index in [2.05, 4.69) is 26.2 Å². The van der Waals surface area contributed by atoms with Gasteiger partial charge in [0.1, 0.15) is 11.8 Å². The van der Waals surface area contributed by atoms with Gasteiger partial charge in [-0.05, 0) is 38.3 Å². The van der Waals surface area contributed by atoms with E-state index in [0.717, 1.165) is 21.2 Å². The normalized spacial score (nSPS) is 19.9. The summed E-state index contributed by atoms with van der Waals surface area (Å²) < 4.78 is 46.3. The van der Waals surface area contributed by atoms with E-state index in [1.165, 1.54) is 0 Å². The number of nitrogens with zero attached hydrogens (tertiary/aromatic N) is 7. The molecule has 0 radical (unpaired) electrons. The van der Waals surface area contributed by atoms with Crippen molar-refractivity contribution in [2.24, 2.45) is 11.8 Å². The number of ether oxygens (including phenoxy) is 1. The smallest absolute Gasteiger partial charge is 0.451 e. The van der Waals surface area contributed by atoms with Gasteiger partial charge in [0.15, 0.2) is 5.82 Å². The summed E-state index contributed by atoms with van der Waals surface area (Å²) in [6.07, 6.45) is -2.44. The Labute approximate surface area is 217 Å². The fourth-order valence-electron chi connectivity index (χ4n) is 5.43. The number of benzene rings is 1. The van der Waals surface area contributed by atoms with Crippen LogP contribution in [0.25, 0.3) is 10.9 Å². The average Bonchev–Trinajstić information content (AvgIpc) is 3.31. The zero-order valence-corrected chi connectivity index (χ0v) is 21.4. The van der Waals surface area contributed by atoms with Gasteiger partial charge in [-0.1, -0.05) is 6.92 Å². The molecule has 0 N–H and O–H groups in total. The lowest BCUT2D eigenvalue weighted by atomic mass is 9.85. The highest BCUT2D eigenvalue weighted by Gasteiger charge is 2.41. The van der Waals surface area contributed by atoms with E-state index in [0.29, 0.717) is 30.8 Å². The van der Waals surface area contributed by atoms with Crippen LogP contribution in [0.4, 0.5) is 18.9 Å². The molecule has 38 heavy (non-hydrogen) atoms. The third-order valence-corrected chi connectivity index (χ3v) is 7.16. The van der Waals surface area contributed by atoms with Crippen molar-refractivity contribution in [3.63, 3.8) is 0 Å². The second-order valence-electron chi connectivity index (χ2n) is 10.1. The van der Waals surface area contributed by atoms with Gasteiger partial charge in [-0.3, -0.25) is 9.78 Å². The molecule has 1 saturated heterocycles. The minimum absolute atomic E-state index is 0.00318. The Hall–Kier alpha value is -3.88. The largest absolute Gasteiger partial charge is 0.491 e. The van der Waals surface area contributed by atoms with Crippen molar-refractivity contribution in [1.82, 2.24) is 24.6 Å². The number of carbonyl (C=O) groups excluding carboxylic acids is 1. The minimum atomic E-state index is -4.58. The lowest BCUT2D eigenvalue weighted by molar-refractivity contribution is -0.148. The maximum Gasteiger partial charge on any atom is 0.451 e. The first-order valence-corrected chi connectivity index (χ1v) is 12.6. The molecule has 0 saturated carbocycles. The van der Waals surface area contributed by atoms with Gasteiger partial charge in [-0.25, -0.2) is 0 Å². The molecule has 2 aliphatic heterocycles. The molecule has 2 aliphatic rings. The van der Waals surface area contributed by atoms with Crippen LogP contribution in [-0.4, -0.2) is 56.3 Å². The van der Waals surface area contributed by atoms with Crippen LogP contribution >= 0.6 is 0 Å². The predicted molar refractivity (Wildman–Crippen MR) is 132 cm³/mol. The number of amides is 1. The molecule has 1 aromatic carbocycles. The van der Waals surface area contributed by atoms with Crippen LogP contribution in [0.3, 0.4) is 0 Å². The number of pyridine rings is 1. The Bertz CT molecular complexity index is 1410. The molecular formula is C26H28F3N7O2. The van der Waals surface area contributed by atoms with Crippen molar-refractivity contribution in [3.05, 3.63) is 41.6 Å². The van der Waals surface area contributed by atoms with Gasteiger partial charge in [-0.2, -0.15) is 18.4 Å². The average molecular weight is 528 g/mol. The molecule has 12 heteroatoms. The number of hydrogen-bond donors (Lipinski definition) is 0. The van der Waals surface area contributed by atoms with E-state index in [9.17, 15) is 23.2 Å². The molecular weight excluding hydrogens is 499 g/mol. The Balaban J connectivity index is 1.33. The van der Waals surface area contributed by atoms with E-state index in [4.69, 9.17) is 4.74 Å². The van der Waals surface area contributed by atoms with E-state index >= 15 is 0 Å². The Kier molecular flexibility index (Phi) is 6.63. The summed E-state index contributed by atoms with van der Waals surface area (Å²) in [6, 6.07) is 7.89. The third-order valence-electron chi connectivity index (χ3n) is 7.16. The van der Waals surface area contributed by atoms with Crippen LogP contribution in [0.15, 0.2) is 24.4 Å². The highest BCUT2D eigenvalue weighted by atomic mass is 19.4. The second-order valence-corrected chi connectivity index (χ2v) is 10.1. The summed E-state index contributed by atoms with van der Waals surface area (Å²) in [5.74, 6) is -0.594. The zero-order valence-electron chi connectivity index (χ0n) is 21.4. The summed E-state index contributed by atoms with van der Waals surface area (Å²) in [7, 11) is 0. The molecule has 0 bridgehead atoms. The third kappa shape index (κ3) is 4.73. The number of nitriles is 1. The van der Waals surface area contributed by atoms with Gasteiger partial charge in [0.25, 0.3) is 0 Å². The fourth-order valence-corrected chi connectivity index (χ4v) is 5.43. The van der Waals surface area contributed by atoms with Crippen LogP contribution in [0.2, 0.25) is 0 Å². The molecule has 0 aliphatic carbocycles. The first-order chi connectivity index (χ1) is 18.1. The van der Waals surface area contributed by atoms with E-state index in [1.807, 2.05) is 39.0 Å². The van der Waals surface area contributed by atoms with Gasteiger partial charge in [0, 0.05) is 49.7 Å². The number of rotatable bonds is 4. The second kappa shape index (κ2) is 9.78. The molecule has 2 unspecified atom stereocenters. The number of fused-ring (bicyclic) bond motifs is 2. The number of aromatic nitrogens is 4. The Morgan fingerprint density at radius 2 is 2.00 bits per heavy atom. The van der Waals surface area contributed by atoms with Crippen LogP contribution in [0, 0.1) is 23.2 Å². The molecule has 1 fully saturated rings. The number of hydrogen-bond acceptors (Lipinski definition) is 7. The van der Waals surface area contributed by atoms with Crippen molar-refractivity contribution in [1.29, 1.82) is 5.26 Å². The van der Waals surface area contributed by atoms with Crippen molar-refractivity contribution in [3.8, 4) is 11.8 Å². The maximum absolute atomic E-state index is 13.4. The lowest BCUT2D eigenvalue weighted by Gasteiger charge is -2.40. The van der Waals surface area contributed by atoms with E-state index in [1.54, 1.807) is 11.1 Å². The number of alkyl halides is 3. The molecule has 0 spiro atoms. The summed E-state index contributed by atoms with van der Waals surface area (Å²) in [6.45, 7) is 7.18. The molecule has 2 atom stereocenters. The quantitative estimate of drug-likeness (QED) is 0.506. The van der Waals surface area contributed by atoms with E-state index in [-0.39, 0.29) is 49.3 Å². The molecule has 2 aromatic heterocycles. The highest BCUT2D eigenvalue weighted by Crippen LogP contribution is 2.37. The monoisotopic (exact) mass is 527 g/mol. The van der Waals surface area contributed by atoms with E-state index < -0.39 is 12.0 Å². The first-order valence-electron chi connectivity index (χ1n) is 12.6. The Morgan fingerprint density at radius 3 is 2.68 bits per heavy atom. The summed E-state index contributed by atoms with van der Waals surface area (Å²) in [5, 5.41) is 17.6. The van der Waals surface area contributed by atoms with Crippen LogP contribution < -0.4 is 9.64 Å². The van der Waals surface area contributed by atoms with Crippen LogP contribution in [0.5, 0.6) is 5.75 Å². The van der Waals surface area contributed by atoms with Gasteiger partial charge in [0.2, 0.25) is 11.7 Å². The van der Waals surface area contributed by atoms with Crippen molar-refractivity contribution >= 4 is 22.5 Å². The molecule has 200 valence electrons. The predicted octanol–water partition coefficient (Wildman–Crippen LogP) is 4.01. The van der Waals surface area contributed by atoms with Gasteiger partial charge in [-0.15, -0.1) is 10.2 Å². The van der Waals surface area contributed by atoms with Crippen LogP contribution in [0.1, 0.15) is 44.4 Å². The van der Waals surface area contributed by atoms with Gasteiger partial charge in [0.05, 0.1) is 29.4 Å². The van der Waals surface area contributed by atoms with Gasteiger partial charge >= 0.3 is 6.18 Å². The minimum Gasteiger partial charge on any atom is -0.491 e. The number of carbonyl (C=O) groups is 1. The van der Waals surface area contributed by atoms with Crippen molar-refractivity contribution in [2.45, 2.75) is 52.6 Å². The standard InChI is InChI=1S/C26H28F3N7O2/c1-15(2)38-18-4-5-20-21(10-18)31-12-17(11-30)23(20)34-7-6-19(16(3)13-34)24(37)35-8-9-36-22(14-35)32-33-25(36)26(27,28)29/h4-5,10,12,15-16,19H,6-9,13-14H2,1-3H3. The topological polar surface area (TPSA) is 100 Å². The maximum atomic E-state index is 13.4. The highest BCUT2D eigenvalue weighted by molar-refractivity contribution is 5.95. The molecule has 5 rings (SSSR count). The molecule has 4 heterocycles. The fraction of sp³-hybridized carbons (Fsp3) is 0.500. The molecule has 3 aromatic rings. The zero-order chi connectivity index (χ0) is 27.2. The molecule has 9 nitrogen and oxygen atoms in total. The van der Waals surface area contributed by atoms with Crippen LogP contribution in [-0.2, 0) is 24.1 Å². The summed E-state index contributed by atoms with van der Waals surface area (Å²) >= 11 is 0. The SMILES string of the molecule is CC(C)Oc1ccc2c(N3CCC(C(=O)N4CCn5c(nnc5C(F)(F)F)C4)C(C)C3)c(C#N)cnc2c1. The summed E-state index contributed by atoms with van der Waals surface area (Å²) in [4.78, 5) is 21.6. The first kappa shape index (κ1) is 25.8. The number of anilines is 1. The number of halogens is 3. The number of piperidine rings is 1.